The summed E-state index contributed by atoms with van der Waals surface area (Å²) < 4.78 is 0. The van der Waals surface area contributed by atoms with Gasteiger partial charge in [0.2, 0.25) is 0 Å². The lowest BCUT2D eigenvalue weighted by atomic mass is 10.2. The number of aliphatic hydroxyl groups is 1. The third kappa shape index (κ3) is 2.12. The van der Waals surface area contributed by atoms with Crippen molar-refractivity contribution in [3.05, 3.63) is 29.6 Å². The molecule has 0 fully saturated rings. The van der Waals surface area contributed by atoms with Gasteiger partial charge >= 0.3 is 0 Å². The molecule has 14 heavy (non-hydrogen) atoms. The van der Waals surface area contributed by atoms with Crippen LogP contribution in [0.2, 0.25) is 0 Å². The third-order valence-electron chi connectivity index (χ3n) is 1.84. The highest BCUT2D eigenvalue weighted by molar-refractivity contribution is 5.75. The molecule has 0 radical (unpaired) electrons. The van der Waals surface area contributed by atoms with Crippen LogP contribution in [0.25, 0.3) is 11.0 Å². The first-order valence-corrected chi connectivity index (χ1v) is 4.86. The van der Waals surface area contributed by atoms with Gasteiger partial charge in [-0.25, -0.2) is 4.98 Å². The standard InChI is InChI=1S/C9H10N2O.C2H6/c1-6-2-3-7-8(4-6)11-9(5-12)10-7;1-2/h2-4,12H,5H2,1H3,(H,10,11);1-2H3. The molecule has 0 aliphatic rings. The zero-order valence-electron chi connectivity index (χ0n) is 8.83. The number of aliphatic hydroxyl groups excluding tert-OH is 1. The molecule has 0 bridgehead atoms. The second kappa shape index (κ2) is 4.77. The fourth-order valence-electron chi connectivity index (χ4n) is 1.25. The number of nitrogens with zero attached hydrogens (tertiary/aromatic N) is 1. The molecule has 0 aliphatic heterocycles. The van der Waals surface area contributed by atoms with Gasteiger partial charge in [-0.3, -0.25) is 0 Å². The van der Waals surface area contributed by atoms with Gasteiger partial charge in [-0.15, -0.1) is 0 Å². The second-order valence-corrected chi connectivity index (χ2v) is 2.86. The molecule has 1 heterocycles. The first-order valence-electron chi connectivity index (χ1n) is 4.86. The van der Waals surface area contributed by atoms with Crippen molar-refractivity contribution in [1.82, 2.24) is 9.97 Å². The molecule has 1 aromatic carbocycles. The Labute approximate surface area is 83.8 Å². The minimum Gasteiger partial charge on any atom is -0.388 e. The van der Waals surface area contributed by atoms with Gasteiger partial charge in [0.1, 0.15) is 12.4 Å². The van der Waals surface area contributed by atoms with Crippen LogP contribution >= 0.6 is 0 Å². The van der Waals surface area contributed by atoms with Crippen molar-refractivity contribution < 1.29 is 5.11 Å². The Morgan fingerprint density at radius 3 is 2.71 bits per heavy atom. The molecule has 1 aromatic heterocycles. The molecule has 0 amide bonds. The molecule has 2 N–H and O–H groups in total. The van der Waals surface area contributed by atoms with Gasteiger partial charge in [0.05, 0.1) is 11.0 Å². The average Bonchev–Trinajstić information content (AvgIpc) is 2.62. The van der Waals surface area contributed by atoms with E-state index >= 15 is 0 Å². The van der Waals surface area contributed by atoms with E-state index < -0.39 is 0 Å². The summed E-state index contributed by atoms with van der Waals surface area (Å²) in [7, 11) is 0. The molecular formula is C11H16N2O. The molecule has 0 saturated carbocycles. The van der Waals surface area contributed by atoms with Crippen molar-refractivity contribution in [2.75, 3.05) is 0 Å². The van der Waals surface area contributed by atoms with E-state index in [1.807, 2.05) is 39.0 Å². The van der Waals surface area contributed by atoms with Crippen molar-refractivity contribution in [3.63, 3.8) is 0 Å². The SMILES string of the molecule is CC.Cc1ccc2nc(CO)[nH]c2c1. The maximum Gasteiger partial charge on any atom is 0.133 e. The number of hydrogen-bond acceptors (Lipinski definition) is 2. The van der Waals surface area contributed by atoms with Crippen LogP contribution in [0.15, 0.2) is 18.2 Å². The zero-order valence-corrected chi connectivity index (χ0v) is 8.83. The number of imidazole rings is 1. The van der Waals surface area contributed by atoms with Gasteiger partial charge in [0.15, 0.2) is 0 Å². The van der Waals surface area contributed by atoms with Gasteiger partial charge in [0, 0.05) is 0 Å². The van der Waals surface area contributed by atoms with Gasteiger partial charge in [-0.1, -0.05) is 19.9 Å². The van der Waals surface area contributed by atoms with E-state index in [1.165, 1.54) is 5.56 Å². The number of aryl methyl sites for hydroxylation is 1. The molecule has 0 spiro atoms. The summed E-state index contributed by atoms with van der Waals surface area (Å²) in [5.41, 5.74) is 3.08. The number of fused-ring (bicyclic) bond motifs is 1. The van der Waals surface area contributed by atoms with Crippen LogP contribution in [-0.2, 0) is 6.61 Å². The molecule has 0 saturated heterocycles. The summed E-state index contributed by atoms with van der Waals surface area (Å²) in [6.07, 6.45) is 0. The smallest absolute Gasteiger partial charge is 0.133 e. The van der Waals surface area contributed by atoms with Crippen LogP contribution in [0.1, 0.15) is 25.2 Å². The van der Waals surface area contributed by atoms with E-state index in [4.69, 9.17) is 5.11 Å². The minimum absolute atomic E-state index is 0.0340. The minimum atomic E-state index is -0.0340. The van der Waals surface area contributed by atoms with E-state index in [2.05, 4.69) is 9.97 Å². The summed E-state index contributed by atoms with van der Waals surface area (Å²) in [5, 5.41) is 8.81. The number of rotatable bonds is 1. The lowest BCUT2D eigenvalue weighted by Crippen LogP contribution is -1.83. The largest absolute Gasteiger partial charge is 0.388 e. The van der Waals surface area contributed by atoms with Crippen molar-refractivity contribution in [2.24, 2.45) is 0 Å². The summed E-state index contributed by atoms with van der Waals surface area (Å²) in [6.45, 7) is 5.99. The van der Waals surface area contributed by atoms with Crippen molar-refractivity contribution in [1.29, 1.82) is 0 Å². The zero-order chi connectivity index (χ0) is 10.6. The summed E-state index contributed by atoms with van der Waals surface area (Å²) in [4.78, 5) is 7.19. The van der Waals surface area contributed by atoms with E-state index in [-0.39, 0.29) is 6.61 Å². The van der Waals surface area contributed by atoms with Gasteiger partial charge < -0.3 is 10.1 Å². The number of benzene rings is 1. The molecule has 0 unspecified atom stereocenters. The first-order chi connectivity index (χ1) is 6.79. The third-order valence-corrected chi connectivity index (χ3v) is 1.84. The topological polar surface area (TPSA) is 48.9 Å². The summed E-state index contributed by atoms with van der Waals surface area (Å²) in [5.74, 6) is 0.621. The Kier molecular flexibility index (Phi) is 3.65. The Balaban J connectivity index is 0.000000461. The molecule has 76 valence electrons. The maximum atomic E-state index is 8.81. The molecule has 0 aliphatic carbocycles. The van der Waals surface area contributed by atoms with E-state index in [0.29, 0.717) is 5.82 Å². The Bertz CT molecular complexity index is 407. The van der Waals surface area contributed by atoms with Gasteiger partial charge in [-0.05, 0) is 24.6 Å². The van der Waals surface area contributed by atoms with E-state index in [0.717, 1.165) is 11.0 Å². The number of nitrogens with one attached hydrogen (secondary N) is 1. The van der Waals surface area contributed by atoms with Crippen LogP contribution < -0.4 is 0 Å². The van der Waals surface area contributed by atoms with Crippen molar-refractivity contribution in [2.45, 2.75) is 27.4 Å². The highest BCUT2D eigenvalue weighted by Gasteiger charge is 1.99. The van der Waals surface area contributed by atoms with Crippen molar-refractivity contribution in [3.8, 4) is 0 Å². The number of hydrogen-bond donors (Lipinski definition) is 2. The van der Waals surface area contributed by atoms with Gasteiger partial charge in [0.25, 0.3) is 0 Å². The lowest BCUT2D eigenvalue weighted by molar-refractivity contribution is 0.273. The van der Waals surface area contributed by atoms with Crippen LogP contribution in [0, 0.1) is 6.92 Å². The highest BCUT2D eigenvalue weighted by atomic mass is 16.3. The fraction of sp³-hybridized carbons (Fsp3) is 0.364. The molecule has 0 atom stereocenters. The Morgan fingerprint density at radius 1 is 1.36 bits per heavy atom. The van der Waals surface area contributed by atoms with Crippen LogP contribution in [-0.4, -0.2) is 15.1 Å². The van der Waals surface area contributed by atoms with Crippen LogP contribution in [0.3, 0.4) is 0 Å². The Morgan fingerprint density at radius 2 is 2.07 bits per heavy atom. The van der Waals surface area contributed by atoms with Crippen LogP contribution in [0.5, 0.6) is 0 Å². The second-order valence-electron chi connectivity index (χ2n) is 2.86. The molecule has 2 rings (SSSR count). The maximum absolute atomic E-state index is 8.81. The number of aromatic amines is 1. The normalized spacial score (nSPS) is 9.71. The number of aromatic nitrogens is 2. The summed E-state index contributed by atoms with van der Waals surface area (Å²) in [6, 6.07) is 5.96. The Hall–Kier alpha value is -1.35. The summed E-state index contributed by atoms with van der Waals surface area (Å²) >= 11 is 0. The van der Waals surface area contributed by atoms with Crippen LogP contribution in [0.4, 0.5) is 0 Å². The van der Waals surface area contributed by atoms with E-state index in [1.54, 1.807) is 0 Å². The molecule has 3 heteroatoms. The predicted molar refractivity (Wildman–Crippen MR) is 58.1 cm³/mol. The van der Waals surface area contributed by atoms with E-state index in [9.17, 15) is 0 Å². The van der Waals surface area contributed by atoms with Gasteiger partial charge in [-0.2, -0.15) is 0 Å². The molecule has 2 aromatic rings. The highest BCUT2D eigenvalue weighted by Crippen LogP contribution is 2.12. The monoisotopic (exact) mass is 192 g/mol. The molecular weight excluding hydrogens is 176 g/mol. The average molecular weight is 192 g/mol. The predicted octanol–water partition coefficient (Wildman–Crippen LogP) is 2.39. The number of H-pyrrole nitrogens is 1. The first kappa shape index (κ1) is 10.7. The quantitative estimate of drug-likeness (QED) is 0.728. The fourth-order valence-corrected chi connectivity index (χ4v) is 1.25. The lowest BCUT2D eigenvalue weighted by Gasteiger charge is -1.89. The molecule has 3 nitrogen and oxygen atoms in total. The van der Waals surface area contributed by atoms with Crippen molar-refractivity contribution >= 4 is 11.0 Å².